The zero-order chi connectivity index (χ0) is 19.2. The highest BCUT2D eigenvalue weighted by molar-refractivity contribution is 7.90. The van der Waals surface area contributed by atoms with Gasteiger partial charge in [0.05, 0.1) is 5.56 Å². The molecule has 1 aliphatic heterocycles. The van der Waals surface area contributed by atoms with Gasteiger partial charge in [0, 0.05) is 22.3 Å². The van der Waals surface area contributed by atoms with Crippen molar-refractivity contribution >= 4 is 39.1 Å². The summed E-state index contributed by atoms with van der Waals surface area (Å²) in [5, 5.41) is 3.23. The van der Waals surface area contributed by atoms with Crippen molar-refractivity contribution in [3.8, 4) is 0 Å². The number of halogens is 1. The van der Waals surface area contributed by atoms with Crippen molar-refractivity contribution in [2.75, 3.05) is 5.32 Å². The summed E-state index contributed by atoms with van der Waals surface area (Å²) in [7, 11) is -3.96. The largest absolute Gasteiger partial charge is 0.322 e. The summed E-state index contributed by atoms with van der Waals surface area (Å²) in [5.41, 5.74) is 1.46. The van der Waals surface area contributed by atoms with Gasteiger partial charge in [0.1, 0.15) is 4.90 Å². The van der Waals surface area contributed by atoms with E-state index in [0.29, 0.717) is 16.3 Å². The molecular weight excluding hydrogens is 376 g/mol. The van der Waals surface area contributed by atoms with E-state index >= 15 is 0 Å². The minimum Gasteiger partial charge on any atom is -0.322 e. The molecule has 136 valence electrons. The molecule has 0 spiro atoms. The number of rotatable bonds is 3. The van der Waals surface area contributed by atoms with Crippen molar-refractivity contribution in [1.29, 1.82) is 0 Å². The quantitative estimate of drug-likeness (QED) is 0.867. The molecule has 0 aliphatic carbocycles. The van der Waals surface area contributed by atoms with Crippen LogP contribution in [0.5, 0.6) is 0 Å². The third-order valence-electron chi connectivity index (χ3n) is 4.20. The average Bonchev–Trinajstić information content (AvgIpc) is 2.77. The van der Waals surface area contributed by atoms with Gasteiger partial charge in [0.2, 0.25) is 0 Å². The summed E-state index contributed by atoms with van der Waals surface area (Å²) in [6.45, 7) is 5.01. The van der Waals surface area contributed by atoms with E-state index in [1.807, 2.05) is 0 Å². The van der Waals surface area contributed by atoms with Crippen molar-refractivity contribution < 1.29 is 18.0 Å². The number of nitrogens with one attached hydrogen (secondary N) is 1. The topological polar surface area (TPSA) is 83.6 Å². The van der Waals surface area contributed by atoms with E-state index in [9.17, 15) is 18.0 Å². The van der Waals surface area contributed by atoms with Crippen LogP contribution >= 0.6 is 11.6 Å². The molecule has 0 fully saturated rings. The van der Waals surface area contributed by atoms with Crippen LogP contribution in [-0.4, -0.2) is 30.6 Å². The van der Waals surface area contributed by atoms with Crippen LogP contribution in [0.2, 0.25) is 5.02 Å². The molecule has 3 rings (SSSR count). The van der Waals surface area contributed by atoms with Crippen molar-refractivity contribution in [1.82, 2.24) is 4.31 Å². The summed E-state index contributed by atoms with van der Waals surface area (Å²) < 4.78 is 26.1. The van der Waals surface area contributed by atoms with Gasteiger partial charge in [-0.1, -0.05) is 17.7 Å². The fraction of sp³-hybridized carbons (Fsp3) is 0.222. The molecule has 8 heteroatoms. The van der Waals surface area contributed by atoms with Gasteiger partial charge in [-0.3, -0.25) is 9.59 Å². The van der Waals surface area contributed by atoms with E-state index in [4.69, 9.17) is 11.6 Å². The highest BCUT2D eigenvalue weighted by atomic mass is 35.5. The highest BCUT2D eigenvalue weighted by Gasteiger charge is 2.42. The van der Waals surface area contributed by atoms with E-state index in [0.717, 1.165) is 4.31 Å². The number of sulfonamides is 1. The number of hydrogen-bond donors (Lipinski definition) is 1. The van der Waals surface area contributed by atoms with Gasteiger partial charge in [-0.15, -0.1) is 0 Å². The fourth-order valence-electron chi connectivity index (χ4n) is 2.84. The molecular formula is C18H17ClN2O4S. The Morgan fingerprint density at radius 3 is 2.54 bits per heavy atom. The lowest BCUT2D eigenvalue weighted by molar-refractivity contribution is 0.0846. The molecule has 0 aromatic heterocycles. The monoisotopic (exact) mass is 392 g/mol. The van der Waals surface area contributed by atoms with E-state index in [1.54, 1.807) is 39.0 Å². The van der Waals surface area contributed by atoms with Crippen molar-refractivity contribution in [3.05, 3.63) is 58.1 Å². The lowest BCUT2D eigenvalue weighted by atomic mass is 10.1. The second-order valence-electron chi connectivity index (χ2n) is 6.28. The number of amides is 2. The lowest BCUT2D eigenvalue weighted by Crippen LogP contribution is -2.36. The molecule has 0 saturated heterocycles. The molecule has 6 nitrogen and oxygen atoms in total. The Balaban J connectivity index is 1.98. The third kappa shape index (κ3) is 2.87. The number of anilines is 1. The van der Waals surface area contributed by atoms with Crippen LogP contribution in [0.1, 0.15) is 40.1 Å². The van der Waals surface area contributed by atoms with Gasteiger partial charge >= 0.3 is 0 Å². The SMILES string of the molecule is Cc1c(Cl)cccc1NC(=O)c1ccc2c(c1)S(=O)(=O)N(C(C)C)C2=O. The molecule has 0 unspecified atom stereocenters. The summed E-state index contributed by atoms with van der Waals surface area (Å²) in [6, 6.07) is 8.65. The second kappa shape index (κ2) is 6.41. The Hall–Kier alpha value is -2.38. The maximum atomic E-state index is 12.6. The number of nitrogens with zero attached hydrogens (tertiary/aromatic N) is 1. The zero-order valence-corrected chi connectivity index (χ0v) is 16.0. The molecule has 2 aromatic carbocycles. The van der Waals surface area contributed by atoms with Gasteiger partial charge < -0.3 is 5.32 Å². The summed E-state index contributed by atoms with van der Waals surface area (Å²) >= 11 is 6.05. The zero-order valence-electron chi connectivity index (χ0n) is 14.4. The molecule has 0 atom stereocenters. The minimum atomic E-state index is -3.96. The first kappa shape index (κ1) is 18.4. The Morgan fingerprint density at radius 2 is 1.88 bits per heavy atom. The van der Waals surface area contributed by atoms with Crippen LogP contribution in [-0.2, 0) is 10.0 Å². The summed E-state index contributed by atoms with van der Waals surface area (Å²) in [6.07, 6.45) is 0. The molecule has 2 amide bonds. The second-order valence-corrected chi connectivity index (χ2v) is 8.47. The van der Waals surface area contributed by atoms with Gasteiger partial charge in [-0.2, -0.15) is 0 Å². The molecule has 1 aliphatic rings. The standard InChI is InChI=1S/C18H17ClN2O4S/c1-10(2)21-18(23)13-8-7-12(9-16(13)26(21,24)25)17(22)20-15-6-4-5-14(19)11(15)3/h4-10H,1-3H3,(H,20,22). The first-order valence-corrected chi connectivity index (χ1v) is 9.75. The van der Waals surface area contributed by atoms with E-state index in [2.05, 4.69) is 5.32 Å². The van der Waals surface area contributed by atoms with Crippen LogP contribution in [0, 0.1) is 6.92 Å². The maximum absolute atomic E-state index is 12.6. The Labute approximate surface area is 156 Å². The van der Waals surface area contributed by atoms with E-state index in [1.165, 1.54) is 18.2 Å². The first-order valence-electron chi connectivity index (χ1n) is 7.94. The van der Waals surface area contributed by atoms with Gasteiger partial charge in [-0.05, 0) is 56.7 Å². The van der Waals surface area contributed by atoms with Crippen molar-refractivity contribution in [2.24, 2.45) is 0 Å². The smallest absolute Gasteiger partial charge is 0.269 e. The molecule has 0 saturated carbocycles. The predicted octanol–water partition coefficient (Wildman–Crippen LogP) is 3.45. The van der Waals surface area contributed by atoms with Crippen molar-refractivity contribution in [2.45, 2.75) is 31.7 Å². The minimum absolute atomic E-state index is 0.0780. The van der Waals surface area contributed by atoms with Gasteiger partial charge in [0.15, 0.2) is 0 Å². The van der Waals surface area contributed by atoms with E-state index < -0.39 is 27.9 Å². The highest BCUT2D eigenvalue weighted by Crippen LogP contribution is 2.33. The number of carbonyl (C=O) groups excluding carboxylic acids is 2. The van der Waals surface area contributed by atoms with Crippen LogP contribution in [0.15, 0.2) is 41.3 Å². The first-order chi connectivity index (χ1) is 12.1. The van der Waals surface area contributed by atoms with Crippen LogP contribution in [0.25, 0.3) is 0 Å². The number of hydrogen-bond acceptors (Lipinski definition) is 4. The Morgan fingerprint density at radius 1 is 1.19 bits per heavy atom. The molecule has 0 bridgehead atoms. The maximum Gasteiger partial charge on any atom is 0.269 e. The Kier molecular flexibility index (Phi) is 4.54. The molecule has 1 heterocycles. The van der Waals surface area contributed by atoms with E-state index in [-0.39, 0.29) is 16.0 Å². The molecule has 26 heavy (non-hydrogen) atoms. The van der Waals surface area contributed by atoms with Crippen LogP contribution < -0.4 is 5.32 Å². The van der Waals surface area contributed by atoms with Gasteiger partial charge in [-0.25, -0.2) is 12.7 Å². The van der Waals surface area contributed by atoms with Gasteiger partial charge in [0.25, 0.3) is 21.8 Å². The lowest BCUT2D eigenvalue weighted by Gasteiger charge is -2.18. The summed E-state index contributed by atoms with van der Waals surface area (Å²) in [5.74, 6) is -1.06. The third-order valence-corrected chi connectivity index (χ3v) is 6.60. The fourth-order valence-corrected chi connectivity index (χ4v) is 4.80. The van der Waals surface area contributed by atoms with Crippen molar-refractivity contribution in [3.63, 3.8) is 0 Å². The predicted molar refractivity (Wildman–Crippen MR) is 99.1 cm³/mol. The molecule has 1 N–H and O–H groups in total. The normalized spacial score (nSPS) is 15.3. The van der Waals surface area contributed by atoms with Crippen LogP contribution in [0.3, 0.4) is 0 Å². The number of carbonyl (C=O) groups is 2. The average molecular weight is 393 g/mol. The number of fused-ring (bicyclic) bond motifs is 1. The number of benzene rings is 2. The van der Waals surface area contributed by atoms with Crippen LogP contribution in [0.4, 0.5) is 5.69 Å². The Bertz CT molecular complexity index is 1030. The summed E-state index contributed by atoms with van der Waals surface area (Å²) in [4.78, 5) is 24.7. The molecule has 0 radical (unpaired) electrons. The molecule has 2 aromatic rings.